The van der Waals surface area contributed by atoms with Crippen molar-refractivity contribution in [2.75, 3.05) is 33.3 Å². The zero-order chi connectivity index (χ0) is 15.4. The lowest BCUT2D eigenvalue weighted by atomic mass is 9.89. The lowest BCUT2D eigenvalue weighted by Crippen LogP contribution is -2.48. The molecule has 0 radical (unpaired) electrons. The van der Waals surface area contributed by atoms with E-state index < -0.39 is 0 Å². The van der Waals surface area contributed by atoms with Gasteiger partial charge in [0.05, 0.1) is 18.8 Å². The number of rotatable bonds is 5. The summed E-state index contributed by atoms with van der Waals surface area (Å²) in [5.41, 5.74) is 5.56. The van der Waals surface area contributed by atoms with Gasteiger partial charge in [-0.05, 0) is 57.5 Å². The molecule has 0 saturated carbocycles. The summed E-state index contributed by atoms with van der Waals surface area (Å²) in [7, 11) is 2.22. The Bertz CT molecular complexity index is 449. The van der Waals surface area contributed by atoms with Gasteiger partial charge in [-0.2, -0.15) is 0 Å². The summed E-state index contributed by atoms with van der Waals surface area (Å²) in [5, 5.41) is 3.52. The van der Waals surface area contributed by atoms with E-state index in [1.807, 2.05) is 0 Å². The van der Waals surface area contributed by atoms with E-state index in [1.165, 1.54) is 22.3 Å². The fraction of sp³-hybridized carbons (Fsp3) is 0.667. The van der Waals surface area contributed by atoms with E-state index in [1.54, 1.807) is 0 Å². The number of ether oxygens (including phenoxy) is 1. The Morgan fingerprint density at radius 1 is 1.24 bits per heavy atom. The molecule has 3 nitrogen and oxygen atoms in total. The minimum absolute atomic E-state index is 0.232. The third-order valence-corrected chi connectivity index (χ3v) is 4.41. The summed E-state index contributed by atoms with van der Waals surface area (Å²) in [4.78, 5) is 2.45. The summed E-state index contributed by atoms with van der Waals surface area (Å²) >= 11 is 0. The lowest BCUT2D eigenvalue weighted by Gasteiger charge is -2.41. The molecule has 1 aliphatic rings. The molecule has 0 bridgehead atoms. The molecule has 3 heteroatoms. The van der Waals surface area contributed by atoms with Crippen molar-refractivity contribution in [2.45, 2.75) is 46.3 Å². The standard InChI is InChI=1S/C18H30N2O/c1-6-7-19-12-16-18(20(5)8-9-21-16)17-14(3)10-13(2)11-15(17)4/h10-11,16,18-19H,6-9,12H2,1-5H3. The van der Waals surface area contributed by atoms with Gasteiger partial charge in [0.2, 0.25) is 0 Å². The second-order valence-electron chi connectivity index (χ2n) is 6.35. The lowest BCUT2D eigenvalue weighted by molar-refractivity contribution is -0.0616. The van der Waals surface area contributed by atoms with Crippen LogP contribution < -0.4 is 5.32 Å². The van der Waals surface area contributed by atoms with Gasteiger partial charge in [0.15, 0.2) is 0 Å². The van der Waals surface area contributed by atoms with E-state index in [-0.39, 0.29) is 6.10 Å². The Hall–Kier alpha value is -0.900. The first kappa shape index (κ1) is 16.5. The van der Waals surface area contributed by atoms with Crippen molar-refractivity contribution in [2.24, 2.45) is 0 Å². The van der Waals surface area contributed by atoms with Crippen LogP contribution in [0.15, 0.2) is 12.1 Å². The molecule has 2 rings (SSSR count). The SMILES string of the molecule is CCCNCC1OCCN(C)C1c1c(C)cc(C)cc1C. The molecule has 0 aliphatic carbocycles. The van der Waals surface area contributed by atoms with E-state index in [9.17, 15) is 0 Å². The average Bonchev–Trinajstić information content (AvgIpc) is 2.40. The Balaban J connectivity index is 2.27. The smallest absolute Gasteiger partial charge is 0.0896 e. The molecular formula is C18H30N2O. The highest BCUT2D eigenvalue weighted by molar-refractivity contribution is 5.40. The quantitative estimate of drug-likeness (QED) is 0.844. The van der Waals surface area contributed by atoms with Crippen LogP contribution in [0.2, 0.25) is 0 Å². The molecule has 2 atom stereocenters. The van der Waals surface area contributed by atoms with Gasteiger partial charge in [-0.1, -0.05) is 24.6 Å². The molecule has 1 heterocycles. The first-order chi connectivity index (χ1) is 10.0. The number of likely N-dealkylation sites (N-methyl/N-ethyl adjacent to an activating group) is 1. The maximum Gasteiger partial charge on any atom is 0.0896 e. The molecule has 1 saturated heterocycles. The number of hydrogen-bond donors (Lipinski definition) is 1. The van der Waals surface area contributed by atoms with Crippen molar-refractivity contribution < 1.29 is 4.74 Å². The third-order valence-electron chi connectivity index (χ3n) is 4.41. The Morgan fingerprint density at radius 3 is 2.52 bits per heavy atom. The minimum atomic E-state index is 0.232. The molecule has 21 heavy (non-hydrogen) atoms. The molecule has 0 aromatic heterocycles. The molecule has 2 unspecified atom stereocenters. The molecule has 1 aliphatic heterocycles. The number of benzene rings is 1. The van der Waals surface area contributed by atoms with Crippen LogP contribution in [0.1, 0.15) is 41.6 Å². The van der Waals surface area contributed by atoms with Crippen LogP contribution >= 0.6 is 0 Å². The number of morpholine rings is 1. The number of hydrogen-bond acceptors (Lipinski definition) is 3. The molecule has 1 aromatic carbocycles. The van der Waals surface area contributed by atoms with Crippen LogP contribution in [-0.2, 0) is 4.74 Å². The van der Waals surface area contributed by atoms with Crippen molar-refractivity contribution in [1.29, 1.82) is 0 Å². The highest BCUT2D eigenvalue weighted by atomic mass is 16.5. The normalized spacial score (nSPS) is 23.5. The van der Waals surface area contributed by atoms with Gasteiger partial charge in [0.25, 0.3) is 0 Å². The Morgan fingerprint density at radius 2 is 1.90 bits per heavy atom. The van der Waals surface area contributed by atoms with Gasteiger partial charge in [0, 0.05) is 13.1 Å². The third kappa shape index (κ3) is 3.85. The zero-order valence-corrected chi connectivity index (χ0v) is 14.2. The molecule has 0 amide bonds. The van der Waals surface area contributed by atoms with E-state index in [2.05, 4.69) is 57.1 Å². The van der Waals surface area contributed by atoms with Crippen molar-refractivity contribution >= 4 is 0 Å². The summed E-state index contributed by atoms with van der Waals surface area (Å²) in [6.45, 7) is 12.6. The van der Waals surface area contributed by atoms with Gasteiger partial charge in [-0.25, -0.2) is 0 Å². The highest BCUT2D eigenvalue weighted by Crippen LogP contribution is 2.33. The number of nitrogens with zero attached hydrogens (tertiary/aromatic N) is 1. The van der Waals surface area contributed by atoms with Crippen LogP contribution in [0, 0.1) is 20.8 Å². The van der Waals surface area contributed by atoms with Crippen molar-refractivity contribution in [3.8, 4) is 0 Å². The summed E-state index contributed by atoms with van der Waals surface area (Å²) < 4.78 is 6.10. The maximum absolute atomic E-state index is 6.10. The van der Waals surface area contributed by atoms with Crippen molar-refractivity contribution in [1.82, 2.24) is 10.2 Å². The molecule has 1 aromatic rings. The summed E-state index contributed by atoms with van der Waals surface area (Å²) in [6, 6.07) is 4.94. The first-order valence-electron chi connectivity index (χ1n) is 8.15. The first-order valence-corrected chi connectivity index (χ1v) is 8.15. The summed E-state index contributed by atoms with van der Waals surface area (Å²) in [6.07, 6.45) is 1.39. The number of nitrogens with one attached hydrogen (secondary N) is 1. The van der Waals surface area contributed by atoms with Gasteiger partial charge >= 0.3 is 0 Å². The minimum Gasteiger partial charge on any atom is -0.374 e. The zero-order valence-electron chi connectivity index (χ0n) is 14.2. The van der Waals surface area contributed by atoms with Crippen LogP contribution in [0.25, 0.3) is 0 Å². The molecule has 1 fully saturated rings. The topological polar surface area (TPSA) is 24.5 Å². The van der Waals surface area contributed by atoms with Crippen LogP contribution in [0.5, 0.6) is 0 Å². The fourth-order valence-corrected chi connectivity index (χ4v) is 3.52. The van der Waals surface area contributed by atoms with Crippen LogP contribution in [0.3, 0.4) is 0 Å². The largest absolute Gasteiger partial charge is 0.374 e. The molecule has 0 spiro atoms. The van der Waals surface area contributed by atoms with E-state index in [0.717, 1.165) is 32.7 Å². The predicted octanol–water partition coefficient (Wildman–Crippen LogP) is 2.98. The van der Waals surface area contributed by atoms with E-state index >= 15 is 0 Å². The van der Waals surface area contributed by atoms with Crippen molar-refractivity contribution in [3.05, 3.63) is 34.4 Å². The second kappa shape index (κ2) is 7.39. The fourth-order valence-electron chi connectivity index (χ4n) is 3.52. The van der Waals surface area contributed by atoms with Crippen LogP contribution in [-0.4, -0.2) is 44.3 Å². The molecule has 1 N–H and O–H groups in total. The van der Waals surface area contributed by atoms with Gasteiger partial charge < -0.3 is 10.1 Å². The predicted molar refractivity (Wildman–Crippen MR) is 88.9 cm³/mol. The molecule has 118 valence electrons. The van der Waals surface area contributed by atoms with E-state index in [0.29, 0.717) is 6.04 Å². The van der Waals surface area contributed by atoms with Gasteiger partial charge in [0.1, 0.15) is 0 Å². The Kier molecular flexibility index (Phi) is 5.80. The van der Waals surface area contributed by atoms with Gasteiger partial charge in [-0.3, -0.25) is 4.90 Å². The van der Waals surface area contributed by atoms with Crippen LogP contribution in [0.4, 0.5) is 0 Å². The summed E-state index contributed by atoms with van der Waals surface area (Å²) in [5.74, 6) is 0. The maximum atomic E-state index is 6.10. The monoisotopic (exact) mass is 290 g/mol. The second-order valence-corrected chi connectivity index (χ2v) is 6.35. The molecular weight excluding hydrogens is 260 g/mol. The number of aryl methyl sites for hydroxylation is 3. The van der Waals surface area contributed by atoms with Crippen molar-refractivity contribution in [3.63, 3.8) is 0 Å². The van der Waals surface area contributed by atoms with E-state index in [4.69, 9.17) is 4.74 Å². The average molecular weight is 290 g/mol. The highest BCUT2D eigenvalue weighted by Gasteiger charge is 2.33. The van der Waals surface area contributed by atoms with Gasteiger partial charge in [-0.15, -0.1) is 0 Å². The Labute approximate surface area is 129 Å².